The molecule has 2 aromatic heterocycles. The molecule has 2 aliphatic rings. The monoisotopic (exact) mass is 518 g/mol. The summed E-state index contributed by atoms with van der Waals surface area (Å²) in [7, 11) is 0. The highest BCUT2D eigenvalue weighted by Gasteiger charge is 2.28. The highest BCUT2D eigenvalue weighted by Crippen LogP contribution is 2.32. The van der Waals surface area contributed by atoms with Gasteiger partial charge in [0.2, 0.25) is 5.95 Å². The van der Waals surface area contributed by atoms with Crippen molar-refractivity contribution in [3.05, 3.63) is 72.4 Å². The molecular weight excluding hydrogens is 490 g/mol. The van der Waals surface area contributed by atoms with Crippen LogP contribution in [0.15, 0.2) is 66.9 Å². The van der Waals surface area contributed by atoms with Crippen LogP contribution in [0.2, 0.25) is 0 Å². The maximum absolute atomic E-state index is 13.0. The van der Waals surface area contributed by atoms with Crippen LogP contribution < -0.4 is 17.7 Å². The van der Waals surface area contributed by atoms with E-state index in [0.717, 1.165) is 47.8 Å². The van der Waals surface area contributed by atoms with E-state index in [0.29, 0.717) is 12.0 Å². The Morgan fingerprint density at radius 2 is 1.69 bits per heavy atom. The predicted octanol–water partition coefficient (Wildman–Crippen LogP) is 2.81. The van der Waals surface area contributed by atoms with Gasteiger partial charge in [-0.3, -0.25) is 4.79 Å². The number of hydrogen-bond donors (Lipinski definition) is 1. The Hall–Kier alpha value is -3.00. The highest BCUT2D eigenvalue weighted by molar-refractivity contribution is 7.22. The highest BCUT2D eigenvalue weighted by atomic mass is 35.5. The molecule has 8 heteroatoms. The molecule has 186 valence electrons. The lowest BCUT2D eigenvalue weighted by molar-refractivity contribution is -0.0000182. The van der Waals surface area contributed by atoms with Crippen molar-refractivity contribution in [3.63, 3.8) is 0 Å². The third kappa shape index (κ3) is 5.24. The van der Waals surface area contributed by atoms with E-state index in [1.807, 2.05) is 35.2 Å². The van der Waals surface area contributed by atoms with Gasteiger partial charge in [-0.25, -0.2) is 9.97 Å². The fourth-order valence-corrected chi connectivity index (χ4v) is 6.25. The SMILES string of the molecule is O=C(c1ccc(Nc2nccc(-c3cc4ccccc4s3)n2)cc1)N1CCC(N2CCCC2)CC1.[Cl-]. The van der Waals surface area contributed by atoms with E-state index in [1.54, 1.807) is 17.5 Å². The van der Waals surface area contributed by atoms with Crippen molar-refractivity contribution in [1.82, 2.24) is 19.8 Å². The summed E-state index contributed by atoms with van der Waals surface area (Å²) in [5.41, 5.74) is 2.49. The Labute approximate surface area is 221 Å². The van der Waals surface area contributed by atoms with Crippen LogP contribution in [0.4, 0.5) is 11.6 Å². The number of piperidine rings is 1. The number of rotatable bonds is 5. The average Bonchev–Trinajstić information content (AvgIpc) is 3.60. The number of halogens is 1. The fourth-order valence-electron chi connectivity index (χ4n) is 5.21. The lowest BCUT2D eigenvalue weighted by Gasteiger charge is -2.36. The summed E-state index contributed by atoms with van der Waals surface area (Å²) in [6.07, 6.45) is 6.58. The number of fused-ring (bicyclic) bond motifs is 1. The van der Waals surface area contributed by atoms with Crippen molar-refractivity contribution in [2.75, 3.05) is 31.5 Å². The average molecular weight is 519 g/mol. The fraction of sp³-hybridized carbons (Fsp3) is 0.321. The first kappa shape index (κ1) is 24.7. The number of hydrogen-bond acceptors (Lipinski definition) is 6. The summed E-state index contributed by atoms with van der Waals surface area (Å²) in [5.74, 6) is 0.669. The van der Waals surface area contributed by atoms with Crippen molar-refractivity contribution in [2.24, 2.45) is 0 Å². The molecule has 1 N–H and O–H groups in total. The van der Waals surface area contributed by atoms with Crippen LogP contribution in [0, 0.1) is 0 Å². The van der Waals surface area contributed by atoms with Crippen LogP contribution in [-0.4, -0.2) is 57.9 Å². The minimum Gasteiger partial charge on any atom is -1.00 e. The molecule has 1 amide bonds. The Bertz CT molecular complexity index is 1290. The maximum Gasteiger partial charge on any atom is 0.253 e. The standard InChI is InChI=1S/C28H29N5OS.ClH/c34-27(33-17-12-23(13-18-33)32-15-3-4-16-32)20-7-9-22(10-8-20)30-28-29-14-11-24(31-28)26-19-21-5-1-2-6-25(21)35-26;/h1-2,5-11,14,19,23H,3-4,12-13,15-18H2,(H,29,30,31);1H/p-1. The Kier molecular flexibility index (Phi) is 7.51. The summed E-state index contributed by atoms with van der Waals surface area (Å²) in [6, 6.07) is 20.8. The maximum atomic E-state index is 13.0. The van der Waals surface area contributed by atoms with Crippen molar-refractivity contribution >= 4 is 39.0 Å². The zero-order valence-electron chi connectivity index (χ0n) is 20.1. The number of aromatic nitrogens is 2. The summed E-state index contributed by atoms with van der Waals surface area (Å²) in [5, 5.41) is 4.51. The van der Waals surface area contributed by atoms with Crippen LogP contribution in [0.3, 0.4) is 0 Å². The van der Waals surface area contributed by atoms with Crippen LogP contribution in [-0.2, 0) is 0 Å². The minimum atomic E-state index is 0. The first-order chi connectivity index (χ1) is 17.2. The number of amides is 1. The molecule has 0 aliphatic carbocycles. The molecule has 2 fully saturated rings. The number of carbonyl (C=O) groups excluding carboxylic acids is 1. The smallest absolute Gasteiger partial charge is 0.253 e. The molecule has 36 heavy (non-hydrogen) atoms. The molecule has 0 spiro atoms. The Morgan fingerprint density at radius 1 is 0.944 bits per heavy atom. The van der Waals surface area contributed by atoms with Crippen LogP contribution in [0.1, 0.15) is 36.0 Å². The molecule has 0 unspecified atom stereocenters. The van der Waals surface area contributed by atoms with Crippen LogP contribution in [0.5, 0.6) is 0 Å². The van der Waals surface area contributed by atoms with E-state index in [-0.39, 0.29) is 18.3 Å². The van der Waals surface area contributed by atoms with Crippen molar-refractivity contribution in [1.29, 1.82) is 0 Å². The van der Waals surface area contributed by atoms with E-state index in [4.69, 9.17) is 4.98 Å². The molecule has 0 bridgehead atoms. The van der Waals surface area contributed by atoms with E-state index in [2.05, 4.69) is 45.5 Å². The van der Waals surface area contributed by atoms with Crippen molar-refractivity contribution < 1.29 is 17.2 Å². The topological polar surface area (TPSA) is 61.4 Å². The quantitative estimate of drug-likeness (QED) is 0.440. The lowest BCUT2D eigenvalue weighted by Crippen LogP contribution is -3.00. The van der Waals surface area contributed by atoms with Gasteiger partial charge >= 0.3 is 0 Å². The van der Waals surface area contributed by atoms with Crippen LogP contribution >= 0.6 is 11.3 Å². The first-order valence-electron chi connectivity index (χ1n) is 12.5. The largest absolute Gasteiger partial charge is 1.00 e. The van der Waals surface area contributed by atoms with Crippen LogP contribution in [0.25, 0.3) is 20.7 Å². The van der Waals surface area contributed by atoms with Crippen molar-refractivity contribution in [2.45, 2.75) is 31.7 Å². The van der Waals surface area contributed by atoms with E-state index < -0.39 is 0 Å². The van der Waals surface area contributed by atoms with Gasteiger partial charge in [0.25, 0.3) is 5.91 Å². The van der Waals surface area contributed by atoms with Gasteiger partial charge in [0, 0.05) is 41.3 Å². The number of benzene rings is 2. The van der Waals surface area contributed by atoms with Gasteiger partial charge in [-0.2, -0.15) is 0 Å². The third-order valence-corrected chi connectivity index (χ3v) is 8.27. The second-order valence-corrected chi connectivity index (χ2v) is 10.5. The number of nitrogens with zero attached hydrogens (tertiary/aromatic N) is 4. The lowest BCUT2D eigenvalue weighted by atomic mass is 10.0. The molecular formula is C28H29ClN5OS-. The minimum absolute atomic E-state index is 0. The van der Waals surface area contributed by atoms with E-state index >= 15 is 0 Å². The van der Waals surface area contributed by atoms with E-state index in [9.17, 15) is 4.79 Å². The van der Waals surface area contributed by atoms with Gasteiger partial charge in [-0.1, -0.05) is 18.2 Å². The molecule has 0 atom stereocenters. The molecule has 0 saturated carbocycles. The summed E-state index contributed by atoms with van der Waals surface area (Å²) < 4.78 is 1.25. The van der Waals surface area contributed by atoms with Gasteiger partial charge in [-0.05, 0) is 86.6 Å². The van der Waals surface area contributed by atoms with Gasteiger partial charge in [0.1, 0.15) is 0 Å². The molecule has 0 radical (unpaired) electrons. The summed E-state index contributed by atoms with van der Waals surface area (Å²) in [4.78, 5) is 27.9. The molecule has 6 nitrogen and oxygen atoms in total. The van der Waals surface area contributed by atoms with Gasteiger partial charge in [0.15, 0.2) is 0 Å². The number of likely N-dealkylation sites (tertiary alicyclic amines) is 2. The molecule has 2 aliphatic heterocycles. The van der Waals surface area contributed by atoms with Crippen molar-refractivity contribution in [3.8, 4) is 10.6 Å². The Balaban J connectivity index is 0.00000267. The molecule has 2 saturated heterocycles. The number of nitrogens with one attached hydrogen (secondary N) is 1. The molecule has 4 heterocycles. The Morgan fingerprint density at radius 3 is 2.44 bits per heavy atom. The zero-order valence-corrected chi connectivity index (χ0v) is 21.6. The number of thiophene rings is 1. The normalized spacial score (nSPS) is 16.7. The first-order valence-corrected chi connectivity index (χ1v) is 13.3. The predicted molar refractivity (Wildman–Crippen MR) is 142 cm³/mol. The molecule has 6 rings (SSSR count). The second kappa shape index (κ2) is 10.9. The third-order valence-electron chi connectivity index (χ3n) is 7.13. The summed E-state index contributed by atoms with van der Waals surface area (Å²) >= 11 is 1.73. The second-order valence-electron chi connectivity index (χ2n) is 9.38. The summed E-state index contributed by atoms with van der Waals surface area (Å²) in [6.45, 7) is 4.14. The number of carbonyl (C=O) groups is 1. The van der Waals surface area contributed by atoms with Gasteiger partial charge in [-0.15, -0.1) is 11.3 Å². The van der Waals surface area contributed by atoms with E-state index in [1.165, 1.54) is 36.0 Å². The van der Waals surface area contributed by atoms with Gasteiger partial charge < -0.3 is 27.5 Å². The zero-order chi connectivity index (χ0) is 23.6. The molecule has 2 aromatic carbocycles. The van der Waals surface area contributed by atoms with Gasteiger partial charge in [0.05, 0.1) is 10.6 Å². The molecule has 4 aromatic rings. The number of anilines is 2.